The first-order valence-corrected chi connectivity index (χ1v) is 5.00. The highest BCUT2D eigenvalue weighted by Gasteiger charge is 2.62. The minimum Gasteiger partial charge on any atom is -0.380 e. The van der Waals surface area contributed by atoms with Crippen molar-refractivity contribution in [3.05, 3.63) is 0 Å². The zero-order valence-corrected chi connectivity index (χ0v) is 8.73. The fourth-order valence-corrected chi connectivity index (χ4v) is 1.49. The summed E-state index contributed by atoms with van der Waals surface area (Å²) in [5.74, 6) is 0. The lowest BCUT2D eigenvalue weighted by atomic mass is 10.2. The topological polar surface area (TPSA) is 47.3 Å². The van der Waals surface area contributed by atoms with Crippen molar-refractivity contribution in [2.75, 3.05) is 20.2 Å². The predicted molar refractivity (Wildman–Crippen MR) is 50.5 cm³/mol. The van der Waals surface area contributed by atoms with Gasteiger partial charge in [-0.15, -0.1) is 0 Å². The molecule has 0 aliphatic heterocycles. The molecule has 0 aromatic heterocycles. The SMILES string of the molecule is COC(CN)CCNC1(C(F)(F)F)CC1. The van der Waals surface area contributed by atoms with Gasteiger partial charge in [-0.2, -0.15) is 13.2 Å². The van der Waals surface area contributed by atoms with Crippen LogP contribution in [0.2, 0.25) is 0 Å². The quantitative estimate of drug-likeness (QED) is 0.711. The van der Waals surface area contributed by atoms with Gasteiger partial charge in [-0.05, 0) is 25.8 Å². The van der Waals surface area contributed by atoms with E-state index in [1.54, 1.807) is 0 Å². The van der Waals surface area contributed by atoms with E-state index in [0.29, 0.717) is 13.0 Å². The van der Waals surface area contributed by atoms with Crippen LogP contribution < -0.4 is 11.1 Å². The van der Waals surface area contributed by atoms with E-state index >= 15 is 0 Å². The minimum absolute atomic E-state index is 0.165. The molecule has 0 amide bonds. The first-order valence-electron chi connectivity index (χ1n) is 5.00. The molecule has 1 saturated carbocycles. The van der Waals surface area contributed by atoms with Crippen molar-refractivity contribution >= 4 is 0 Å². The fraction of sp³-hybridized carbons (Fsp3) is 1.00. The Hall–Kier alpha value is -0.330. The molecule has 0 radical (unpaired) electrons. The van der Waals surface area contributed by atoms with Gasteiger partial charge in [-0.25, -0.2) is 0 Å². The third-order valence-electron chi connectivity index (χ3n) is 2.82. The molecule has 1 atom stereocenters. The van der Waals surface area contributed by atoms with E-state index in [-0.39, 0.29) is 25.5 Å². The highest BCUT2D eigenvalue weighted by atomic mass is 19.4. The summed E-state index contributed by atoms with van der Waals surface area (Å²) in [4.78, 5) is 0. The van der Waals surface area contributed by atoms with Crippen LogP contribution in [-0.2, 0) is 4.74 Å². The molecule has 0 saturated heterocycles. The summed E-state index contributed by atoms with van der Waals surface area (Å²) in [5, 5.41) is 2.55. The van der Waals surface area contributed by atoms with Crippen molar-refractivity contribution in [3.8, 4) is 0 Å². The number of ether oxygens (including phenoxy) is 1. The molecule has 0 spiro atoms. The maximum atomic E-state index is 12.5. The molecule has 1 aliphatic carbocycles. The van der Waals surface area contributed by atoms with Crippen molar-refractivity contribution in [2.45, 2.75) is 37.1 Å². The van der Waals surface area contributed by atoms with Gasteiger partial charge in [0.2, 0.25) is 0 Å². The molecule has 3 nitrogen and oxygen atoms in total. The lowest BCUT2D eigenvalue weighted by molar-refractivity contribution is -0.166. The van der Waals surface area contributed by atoms with Crippen LogP contribution in [0.25, 0.3) is 0 Å². The van der Waals surface area contributed by atoms with Gasteiger partial charge in [0, 0.05) is 13.7 Å². The Morgan fingerprint density at radius 1 is 1.47 bits per heavy atom. The molecule has 1 fully saturated rings. The van der Waals surface area contributed by atoms with Crippen LogP contribution in [0, 0.1) is 0 Å². The van der Waals surface area contributed by atoms with Crippen LogP contribution in [0.1, 0.15) is 19.3 Å². The number of nitrogens with one attached hydrogen (secondary N) is 1. The van der Waals surface area contributed by atoms with E-state index in [0.717, 1.165) is 0 Å². The molecule has 3 N–H and O–H groups in total. The molecule has 0 heterocycles. The van der Waals surface area contributed by atoms with Gasteiger partial charge in [0.25, 0.3) is 0 Å². The summed E-state index contributed by atoms with van der Waals surface area (Å²) in [6, 6.07) is 0. The summed E-state index contributed by atoms with van der Waals surface area (Å²) >= 11 is 0. The van der Waals surface area contributed by atoms with Crippen molar-refractivity contribution in [1.29, 1.82) is 0 Å². The number of alkyl halides is 3. The summed E-state index contributed by atoms with van der Waals surface area (Å²) < 4.78 is 42.4. The molecule has 0 aromatic carbocycles. The first-order chi connectivity index (χ1) is 6.95. The van der Waals surface area contributed by atoms with Crippen LogP contribution in [0.4, 0.5) is 13.2 Å². The van der Waals surface area contributed by atoms with Gasteiger partial charge in [0.15, 0.2) is 0 Å². The average Bonchev–Trinajstić information content (AvgIpc) is 2.92. The van der Waals surface area contributed by atoms with Gasteiger partial charge in [-0.3, -0.25) is 0 Å². The van der Waals surface area contributed by atoms with Crippen LogP contribution in [-0.4, -0.2) is 38.0 Å². The largest absolute Gasteiger partial charge is 0.406 e. The van der Waals surface area contributed by atoms with E-state index in [1.165, 1.54) is 7.11 Å². The summed E-state index contributed by atoms with van der Waals surface area (Å²) in [5.41, 5.74) is 3.73. The van der Waals surface area contributed by atoms with E-state index in [1.807, 2.05) is 0 Å². The Labute approximate surface area is 87.2 Å². The second-order valence-corrected chi connectivity index (χ2v) is 3.89. The molecule has 1 aliphatic rings. The average molecular weight is 226 g/mol. The van der Waals surface area contributed by atoms with Gasteiger partial charge in [-0.1, -0.05) is 0 Å². The van der Waals surface area contributed by atoms with Gasteiger partial charge < -0.3 is 15.8 Å². The molecule has 15 heavy (non-hydrogen) atoms. The molecular weight excluding hydrogens is 209 g/mol. The van der Waals surface area contributed by atoms with Crippen molar-refractivity contribution < 1.29 is 17.9 Å². The van der Waals surface area contributed by atoms with Crippen LogP contribution in [0.3, 0.4) is 0 Å². The maximum Gasteiger partial charge on any atom is 0.406 e. The number of nitrogens with two attached hydrogens (primary N) is 1. The number of rotatable bonds is 6. The minimum atomic E-state index is -4.14. The zero-order valence-electron chi connectivity index (χ0n) is 8.73. The molecule has 1 unspecified atom stereocenters. The van der Waals surface area contributed by atoms with E-state index in [2.05, 4.69) is 5.32 Å². The van der Waals surface area contributed by atoms with Crippen molar-refractivity contribution in [2.24, 2.45) is 5.73 Å². The van der Waals surface area contributed by atoms with Gasteiger partial charge >= 0.3 is 6.18 Å². The molecule has 1 rings (SSSR count). The normalized spacial score (nSPS) is 21.4. The Morgan fingerprint density at radius 2 is 2.07 bits per heavy atom. The Bertz CT molecular complexity index is 200. The van der Waals surface area contributed by atoms with Crippen LogP contribution in [0.5, 0.6) is 0 Å². The maximum absolute atomic E-state index is 12.5. The summed E-state index contributed by atoms with van der Waals surface area (Å²) in [6.07, 6.45) is -3.45. The van der Waals surface area contributed by atoms with Crippen LogP contribution in [0.15, 0.2) is 0 Å². The summed E-state index contributed by atoms with van der Waals surface area (Å²) in [6.45, 7) is 0.617. The smallest absolute Gasteiger partial charge is 0.380 e. The monoisotopic (exact) mass is 226 g/mol. The number of halogens is 3. The van der Waals surface area contributed by atoms with Gasteiger partial charge in [0.1, 0.15) is 5.54 Å². The second-order valence-electron chi connectivity index (χ2n) is 3.89. The number of methoxy groups -OCH3 is 1. The number of hydrogen-bond acceptors (Lipinski definition) is 3. The van der Waals surface area contributed by atoms with Crippen molar-refractivity contribution in [1.82, 2.24) is 5.32 Å². The first kappa shape index (κ1) is 12.7. The second kappa shape index (κ2) is 4.67. The third kappa shape index (κ3) is 3.06. The summed E-state index contributed by atoms with van der Waals surface area (Å²) in [7, 11) is 1.51. The molecule has 6 heteroatoms. The molecule has 0 aromatic rings. The number of hydrogen-bond donors (Lipinski definition) is 2. The highest BCUT2D eigenvalue weighted by Crippen LogP contribution is 2.48. The standard InChI is InChI=1S/C9H17F3N2O/c1-15-7(6-13)2-5-14-8(3-4-8)9(10,11)12/h7,14H,2-6,13H2,1H3. The molecule has 90 valence electrons. The Morgan fingerprint density at radius 3 is 2.40 bits per heavy atom. The Balaban J connectivity index is 2.26. The van der Waals surface area contributed by atoms with E-state index in [9.17, 15) is 13.2 Å². The predicted octanol–water partition coefficient (Wildman–Crippen LogP) is 1.03. The fourth-order valence-electron chi connectivity index (χ4n) is 1.49. The zero-order chi connectivity index (χ0) is 11.5. The van der Waals surface area contributed by atoms with Crippen molar-refractivity contribution in [3.63, 3.8) is 0 Å². The van der Waals surface area contributed by atoms with E-state index < -0.39 is 11.7 Å². The molecule has 0 bridgehead atoms. The van der Waals surface area contributed by atoms with E-state index in [4.69, 9.17) is 10.5 Å². The lowest BCUT2D eigenvalue weighted by Gasteiger charge is -2.22. The third-order valence-corrected chi connectivity index (χ3v) is 2.82. The highest BCUT2D eigenvalue weighted by molar-refractivity contribution is 5.07. The molecular formula is C9H17F3N2O. The Kier molecular flexibility index (Phi) is 3.97. The van der Waals surface area contributed by atoms with Gasteiger partial charge in [0.05, 0.1) is 6.10 Å². The lowest BCUT2D eigenvalue weighted by Crippen LogP contribution is -2.46. The van der Waals surface area contributed by atoms with Crippen LogP contribution >= 0.6 is 0 Å².